The van der Waals surface area contributed by atoms with Gasteiger partial charge in [-0.1, -0.05) is 0 Å². The van der Waals surface area contributed by atoms with Crippen molar-refractivity contribution in [1.82, 2.24) is 14.8 Å². The first-order chi connectivity index (χ1) is 13.6. The molecule has 1 N–H and O–H groups in total. The molecule has 2 aliphatic heterocycles. The summed E-state index contributed by atoms with van der Waals surface area (Å²) in [5.41, 5.74) is 0.442. The minimum absolute atomic E-state index is 0.147. The third-order valence-electron chi connectivity index (χ3n) is 4.73. The van der Waals surface area contributed by atoms with Gasteiger partial charge in [0, 0.05) is 37.8 Å². The third-order valence-corrected chi connectivity index (χ3v) is 4.73. The molecule has 146 valence electrons. The van der Waals surface area contributed by atoms with E-state index in [2.05, 4.69) is 5.32 Å². The average molecular weight is 385 g/mol. The summed E-state index contributed by atoms with van der Waals surface area (Å²) in [7, 11) is 1.42. The first-order valence-electron chi connectivity index (χ1n) is 8.82. The number of rotatable bonds is 5. The molecule has 0 saturated heterocycles. The van der Waals surface area contributed by atoms with Gasteiger partial charge in [-0.2, -0.15) is 0 Å². The summed E-state index contributed by atoms with van der Waals surface area (Å²) in [6, 6.07) is 6.26. The maximum atomic E-state index is 12.6. The van der Waals surface area contributed by atoms with Crippen LogP contribution >= 0.6 is 0 Å². The van der Waals surface area contributed by atoms with Crippen LogP contribution in [0, 0.1) is 0 Å². The lowest BCUT2D eigenvalue weighted by Crippen LogP contribution is -2.45. The summed E-state index contributed by atoms with van der Waals surface area (Å²) in [6.07, 6.45) is 1.55. The van der Waals surface area contributed by atoms with E-state index in [1.165, 1.54) is 13.2 Å². The van der Waals surface area contributed by atoms with Crippen LogP contribution in [0.25, 0.3) is 0 Å². The quantitative estimate of drug-likeness (QED) is 0.803. The van der Waals surface area contributed by atoms with Crippen LogP contribution in [0.4, 0.5) is 0 Å². The molecule has 0 bridgehead atoms. The highest BCUT2D eigenvalue weighted by Crippen LogP contribution is 2.32. The van der Waals surface area contributed by atoms with Gasteiger partial charge in [-0.3, -0.25) is 14.4 Å². The van der Waals surface area contributed by atoms with Gasteiger partial charge in [-0.05, 0) is 18.2 Å². The number of amides is 2. The Morgan fingerprint density at radius 3 is 2.82 bits per heavy atom. The van der Waals surface area contributed by atoms with Gasteiger partial charge in [0.2, 0.25) is 12.2 Å². The summed E-state index contributed by atoms with van der Waals surface area (Å²) >= 11 is 0. The molecule has 0 fully saturated rings. The zero-order chi connectivity index (χ0) is 19.7. The second-order valence-corrected chi connectivity index (χ2v) is 6.40. The van der Waals surface area contributed by atoms with Crippen molar-refractivity contribution in [2.45, 2.75) is 6.54 Å². The van der Waals surface area contributed by atoms with Gasteiger partial charge >= 0.3 is 0 Å². The number of benzene rings is 1. The fourth-order valence-electron chi connectivity index (χ4n) is 3.23. The lowest BCUT2D eigenvalue weighted by Gasteiger charge is -2.30. The van der Waals surface area contributed by atoms with Crippen LogP contribution in [0.5, 0.6) is 17.2 Å². The summed E-state index contributed by atoms with van der Waals surface area (Å²) in [6.45, 7) is 1.81. The number of carbonyl (C=O) groups excluding carboxylic acids is 2. The minimum Gasteiger partial charge on any atom is -0.491 e. The van der Waals surface area contributed by atoms with Gasteiger partial charge in [-0.25, -0.2) is 0 Å². The Balaban J connectivity index is 1.37. The molecule has 0 spiro atoms. The molecule has 2 amide bonds. The fraction of sp³-hybridized carbons (Fsp3) is 0.316. The van der Waals surface area contributed by atoms with Crippen molar-refractivity contribution < 1.29 is 23.8 Å². The lowest BCUT2D eigenvalue weighted by atomic mass is 10.2. The second-order valence-electron chi connectivity index (χ2n) is 6.40. The van der Waals surface area contributed by atoms with E-state index in [-0.39, 0.29) is 29.8 Å². The van der Waals surface area contributed by atoms with Gasteiger partial charge < -0.3 is 29.0 Å². The fourth-order valence-corrected chi connectivity index (χ4v) is 3.23. The summed E-state index contributed by atoms with van der Waals surface area (Å²) in [4.78, 5) is 38.5. The van der Waals surface area contributed by atoms with Crippen LogP contribution in [0.15, 0.2) is 35.3 Å². The topological polar surface area (TPSA) is 99.1 Å². The van der Waals surface area contributed by atoms with Crippen molar-refractivity contribution in [2.75, 3.05) is 33.5 Å². The third kappa shape index (κ3) is 3.26. The monoisotopic (exact) mass is 385 g/mol. The molecule has 9 nitrogen and oxygen atoms in total. The van der Waals surface area contributed by atoms with Crippen LogP contribution in [-0.4, -0.2) is 54.8 Å². The van der Waals surface area contributed by atoms with Crippen LogP contribution < -0.4 is 25.0 Å². The Morgan fingerprint density at radius 1 is 1.18 bits per heavy atom. The first kappa shape index (κ1) is 17.9. The van der Waals surface area contributed by atoms with Crippen LogP contribution in [-0.2, 0) is 6.54 Å². The van der Waals surface area contributed by atoms with E-state index < -0.39 is 0 Å². The minimum atomic E-state index is -0.333. The molecule has 0 unspecified atom stereocenters. The molecular formula is C19H19N3O6. The standard InChI is InChI=1S/C19H19N3O6/c1-26-17-10-22-7-6-21(19(25)13(22)9-14(17)23)5-4-20-18(24)12-2-3-15-16(8-12)28-11-27-15/h2-3,8-10H,4-7,11H2,1H3,(H,20,24). The first-order valence-corrected chi connectivity index (χ1v) is 8.82. The zero-order valence-electron chi connectivity index (χ0n) is 15.3. The highest BCUT2D eigenvalue weighted by Gasteiger charge is 2.25. The molecule has 9 heteroatoms. The molecule has 1 aromatic carbocycles. The molecule has 0 atom stereocenters. The maximum Gasteiger partial charge on any atom is 0.270 e. The SMILES string of the molecule is COc1cn2c(cc1=O)C(=O)N(CCNC(=O)c1ccc3c(c1)OCO3)CC2. The molecular weight excluding hydrogens is 366 g/mol. The van der Waals surface area contributed by atoms with E-state index >= 15 is 0 Å². The number of hydrogen-bond donors (Lipinski definition) is 1. The number of methoxy groups -OCH3 is 1. The molecule has 0 radical (unpaired) electrons. The van der Waals surface area contributed by atoms with Crippen molar-refractivity contribution in [3.8, 4) is 17.2 Å². The predicted octanol–water partition coefficient (Wildman–Crippen LogP) is 0.471. The number of pyridine rings is 1. The number of nitrogens with zero attached hydrogens (tertiary/aromatic N) is 2. The van der Waals surface area contributed by atoms with Crippen LogP contribution in [0.3, 0.4) is 0 Å². The van der Waals surface area contributed by atoms with Gasteiger partial charge in [0.25, 0.3) is 11.8 Å². The van der Waals surface area contributed by atoms with E-state index in [0.717, 1.165) is 0 Å². The Morgan fingerprint density at radius 2 is 2.00 bits per heavy atom. The van der Waals surface area contributed by atoms with Gasteiger partial charge in [0.05, 0.1) is 13.3 Å². The van der Waals surface area contributed by atoms with Crippen molar-refractivity contribution in [1.29, 1.82) is 0 Å². The predicted molar refractivity (Wildman–Crippen MR) is 98.1 cm³/mol. The van der Waals surface area contributed by atoms with Gasteiger partial charge in [0.1, 0.15) is 5.69 Å². The Labute approximate surface area is 160 Å². The maximum absolute atomic E-state index is 12.6. The van der Waals surface area contributed by atoms with Crippen molar-refractivity contribution in [2.24, 2.45) is 0 Å². The summed E-state index contributed by atoms with van der Waals surface area (Å²) < 4.78 is 17.2. The molecule has 2 aliphatic rings. The summed E-state index contributed by atoms with van der Waals surface area (Å²) in [5.74, 6) is 0.853. The number of fused-ring (bicyclic) bond motifs is 2. The smallest absolute Gasteiger partial charge is 0.270 e. The number of hydrogen-bond acceptors (Lipinski definition) is 6. The molecule has 28 heavy (non-hydrogen) atoms. The lowest BCUT2D eigenvalue weighted by molar-refractivity contribution is 0.0696. The number of aromatic nitrogens is 1. The van der Waals surface area contributed by atoms with Crippen molar-refractivity contribution in [3.05, 3.63) is 51.9 Å². The molecule has 1 aromatic heterocycles. The summed E-state index contributed by atoms with van der Waals surface area (Å²) in [5, 5.41) is 2.79. The van der Waals surface area contributed by atoms with Gasteiger partial charge in [0.15, 0.2) is 17.2 Å². The van der Waals surface area contributed by atoms with E-state index in [9.17, 15) is 14.4 Å². The van der Waals surface area contributed by atoms with Gasteiger partial charge in [-0.15, -0.1) is 0 Å². The van der Waals surface area contributed by atoms with Crippen LogP contribution in [0.1, 0.15) is 20.8 Å². The second kappa shape index (κ2) is 7.26. The number of ether oxygens (including phenoxy) is 3. The molecule has 3 heterocycles. The zero-order valence-corrected chi connectivity index (χ0v) is 15.3. The Bertz CT molecular complexity index is 1000. The average Bonchev–Trinajstić information content (AvgIpc) is 3.17. The van der Waals surface area contributed by atoms with E-state index in [1.807, 2.05) is 0 Å². The molecule has 4 rings (SSSR count). The Kier molecular flexibility index (Phi) is 4.64. The Hall–Kier alpha value is -3.49. The normalized spacial score (nSPS) is 14.6. The largest absolute Gasteiger partial charge is 0.491 e. The molecule has 0 saturated carbocycles. The van der Waals surface area contributed by atoms with E-state index in [1.54, 1.807) is 33.9 Å². The highest BCUT2D eigenvalue weighted by molar-refractivity contribution is 5.95. The number of carbonyl (C=O) groups is 2. The van der Waals surface area contributed by atoms with E-state index in [0.29, 0.717) is 48.9 Å². The van der Waals surface area contributed by atoms with Crippen molar-refractivity contribution >= 4 is 11.8 Å². The highest BCUT2D eigenvalue weighted by atomic mass is 16.7. The number of nitrogens with one attached hydrogen (secondary N) is 1. The molecule has 2 aromatic rings. The van der Waals surface area contributed by atoms with E-state index in [4.69, 9.17) is 14.2 Å². The van der Waals surface area contributed by atoms with Crippen molar-refractivity contribution in [3.63, 3.8) is 0 Å². The molecule has 0 aliphatic carbocycles. The van der Waals surface area contributed by atoms with Crippen LogP contribution in [0.2, 0.25) is 0 Å².